The lowest BCUT2D eigenvalue weighted by Crippen LogP contribution is -2.05. The van der Waals surface area contributed by atoms with Crippen LogP contribution >= 0.6 is 27.5 Å². The zero-order valence-corrected chi connectivity index (χ0v) is 12.2. The number of carbonyl (C=O) groups excluding carboxylic acids is 1. The first-order valence-corrected chi connectivity index (χ1v) is 7.15. The first kappa shape index (κ1) is 12.7. The van der Waals surface area contributed by atoms with Gasteiger partial charge >= 0.3 is 5.97 Å². The third-order valence-corrected chi connectivity index (χ3v) is 4.40. The normalized spacial score (nSPS) is 18.8. The molecule has 1 aliphatic heterocycles. The van der Waals surface area contributed by atoms with Crippen LogP contribution in [0.4, 0.5) is 0 Å². The molecule has 0 aromatic heterocycles. The van der Waals surface area contributed by atoms with Crippen molar-refractivity contribution >= 4 is 33.5 Å². The fraction of sp³-hybridized carbons (Fsp3) is 0.133. The SMILES string of the molecule is O=C1O[C@@H]([C@@H](Br)c2cccc(Cl)c2)c2ccccc21. The van der Waals surface area contributed by atoms with Gasteiger partial charge < -0.3 is 4.74 Å². The molecule has 2 aromatic carbocycles. The smallest absolute Gasteiger partial charge is 0.339 e. The molecule has 2 aromatic rings. The molecule has 0 bridgehead atoms. The molecule has 3 rings (SSSR count). The molecule has 0 aliphatic carbocycles. The van der Waals surface area contributed by atoms with Crippen LogP contribution in [-0.2, 0) is 4.74 Å². The van der Waals surface area contributed by atoms with E-state index in [1.807, 2.05) is 42.5 Å². The lowest BCUT2D eigenvalue weighted by Gasteiger charge is -2.18. The summed E-state index contributed by atoms with van der Waals surface area (Å²) in [5.74, 6) is -0.271. The van der Waals surface area contributed by atoms with Crippen LogP contribution in [0.5, 0.6) is 0 Å². The summed E-state index contributed by atoms with van der Waals surface area (Å²) in [4.78, 5) is 11.7. The van der Waals surface area contributed by atoms with E-state index in [2.05, 4.69) is 15.9 Å². The van der Waals surface area contributed by atoms with Crippen LogP contribution in [0, 0.1) is 0 Å². The van der Waals surface area contributed by atoms with E-state index in [0.717, 1.165) is 11.1 Å². The fourth-order valence-electron chi connectivity index (χ4n) is 2.24. The summed E-state index contributed by atoms with van der Waals surface area (Å²) in [7, 11) is 0. The van der Waals surface area contributed by atoms with Gasteiger partial charge in [0, 0.05) is 10.6 Å². The van der Waals surface area contributed by atoms with Gasteiger partial charge in [-0.15, -0.1) is 0 Å². The molecule has 0 amide bonds. The van der Waals surface area contributed by atoms with Crippen molar-refractivity contribution in [2.45, 2.75) is 10.9 Å². The Morgan fingerprint density at radius 3 is 2.74 bits per heavy atom. The van der Waals surface area contributed by atoms with Crippen molar-refractivity contribution in [1.29, 1.82) is 0 Å². The lowest BCUT2D eigenvalue weighted by atomic mass is 9.99. The second-order valence-electron chi connectivity index (χ2n) is 4.37. The second kappa shape index (κ2) is 4.99. The van der Waals surface area contributed by atoms with E-state index in [0.29, 0.717) is 10.6 Å². The number of hydrogen-bond acceptors (Lipinski definition) is 2. The number of carbonyl (C=O) groups is 1. The molecule has 2 nitrogen and oxygen atoms in total. The van der Waals surface area contributed by atoms with Crippen LogP contribution in [0.15, 0.2) is 48.5 Å². The molecule has 0 radical (unpaired) electrons. The van der Waals surface area contributed by atoms with Gasteiger partial charge in [0.15, 0.2) is 0 Å². The third-order valence-electron chi connectivity index (χ3n) is 3.15. The van der Waals surface area contributed by atoms with E-state index in [1.165, 1.54) is 0 Å². The van der Waals surface area contributed by atoms with Crippen molar-refractivity contribution < 1.29 is 9.53 Å². The van der Waals surface area contributed by atoms with Gasteiger partial charge in [-0.05, 0) is 23.8 Å². The Kier molecular flexibility index (Phi) is 3.33. The van der Waals surface area contributed by atoms with E-state index >= 15 is 0 Å². The summed E-state index contributed by atoms with van der Waals surface area (Å²) in [6.07, 6.45) is -0.317. The van der Waals surface area contributed by atoms with Gasteiger partial charge in [0.05, 0.1) is 10.4 Å². The number of rotatable bonds is 2. The molecule has 0 N–H and O–H groups in total. The van der Waals surface area contributed by atoms with Crippen molar-refractivity contribution in [3.63, 3.8) is 0 Å². The Morgan fingerprint density at radius 1 is 1.16 bits per heavy atom. The topological polar surface area (TPSA) is 26.3 Å². The fourth-order valence-corrected chi connectivity index (χ4v) is 3.12. The van der Waals surface area contributed by atoms with Crippen molar-refractivity contribution in [1.82, 2.24) is 0 Å². The van der Waals surface area contributed by atoms with Gasteiger partial charge in [-0.1, -0.05) is 57.9 Å². The Morgan fingerprint density at radius 2 is 1.95 bits per heavy atom. The van der Waals surface area contributed by atoms with Crippen LogP contribution < -0.4 is 0 Å². The zero-order chi connectivity index (χ0) is 13.4. The van der Waals surface area contributed by atoms with Crippen molar-refractivity contribution in [3.8, 4) is 0 Å². The van der Waals surface area contributed by atoms with Crippen LogP contribution in [0.2, 0.25) is 5.02 Å². The molecule has 0 unspecified atom stereocenters. The van der Waals surface area contributed by atoms with Gasteiger partial charge in [0.2, 0.25) is 0 Å². The van der Waals surface area contributed by atoms with E-state index in [9.17, 15) is 4.79 Å². The number of fused-ring (bicyclic) bond motifs is 1. The van der Waals surface area contributed by atoms with Gasteiger partial charge in [-0.3, -0.25) is 0 Å². The van der Waals surface area contributed by atoms with Crippen LogP contribution in [0.25, 0.3) is 0 Å². The summed E-state index contributed by atoms with van der Waals surface area (Å²) in [5.41, 5.74) is 2.54. The molecule has 2 atom stereocenters. The average Bonchev–Trinajstić information content (AvgIpc) is 2.76. The van der Waals surface area contributed by atoms with E-state index in [-0.39, 0.29) is 16.9 Å². The number of halogens is 2. The molecule has 0 fully saturated rings. The van der Waals surface area contributed by atoms with Crippen LogP contribution in [0.3, 0.4) is 0 Å². The summed E-state index contributed by atoms with van der Waals surface area (Å²) >= 11 is 9.60. The summed E-state index contributed by atoms with van der Waals surface area (Å²) in [6, 6.07) is 15.0. The zero-order valence-electron chi connectivity index (χ0n) is 9.85. The van der Waals surface area contributed by atoms with E-state index in [1.54, 1.807) is 6.07 Å². The van der Waals surface area contributed by atoms with Crippen LogP contribution in [-0.4, -0.2) is 5.97 Å². The molecule has 1 aliphatic rings. The minimum Gasteiger partial charge on any atom is -0.452 e. The molecule has 19 heavy (non-hydrogen) atoms. The number of benzene rings is 2. The largest absolute Gasteiger partial charge is 0.452 e. The second-order valence-corrected chi connectivity index (χ2v) is 5.79. The molecule has 0 spiro atoms. The van der Waals surface area contributed by atoms with Crippen molar-refractivity contribution in [2.75, 3.05) is 0 Å². The Balaban J connectivity index is 1.98. The Hall–Kier alpha value is -1.32. The highest BCUT2D eigenvalue weighted by atomic mass is 79.9. The average molecular weight is 338 g/mol. The number of alkyl halides is 1. The number of hydrogen-bond donors (Lipinski definition) is 0. The quantitative estimate of drug-likeness (QED) is 0.587. The van der Waals surface area contributed by atoms with Gasteiger partial charge in [0.1, 0.15) is 6.10 Å². The molecular weight excluding hydrogens is 328 g/mol. The predicted octanol–water partition coefficient (Wildman–Crippen LogP) is 4.69. The van der Waals surface area contributed by atoms with Gasteiger partial charge in [-0.2, -0.15) is 0 Å². The van der Waals surface area contributed by atoms with E-state index < -0.39 is 0 Å². The predicted molar refractivity (Wildman–Crippen MR) is 77.7 cm³/mol. The summed E-state index contributed by atoms with van der Waals surface area (Å²) < 4.78 is 5.46. The van der Waals surface area contributed by atoms with Crippen LogP contribution in [0.1, 0.15) is 32.4 Å². The molecule has 0 saturated heterocycles. The van der Waals surface area contributed by atoms with Gasteiger partial charge in [-0.25, -0.2) is 4.79 Å². The maximum atomic E-state index is 11.8. The maximum absolute atomic E-state index is 11.8. The standard InChI is InChI=1S/C15H10BrClO2/c16-13(9-4-3-5-10(17)8-9)14-11-6-1-2-7-12(11)15(18)19-14/h1-8,13-14H/t13-,14+/m0/s1. The minimum absolute atomic E-state index is 0.112. The molecule has 96 valence electrons. The van der Waals surface area contributed by atoms with Crippen molar-refractivity contribution in [3.05, 3.63) is 70.2 Å². The Bertz CT molecular complexity index is 642. The first-order chi connectivity index (χ1) is 9.16. The first-order valence-electron chi connectivity index (χ1n) is 5.86. The maximum Gasteiger partial charge on any atom is 0.339 e. The minimum atomic E-state index is -0.317. The Labute approximate surface area is 124 Å². The number of ether oxygens (including phenoxy) is 1. The summed E-state index contributed by atoms with van der Waals surface area (Å²) in [6.45, 7) is 0. The number of esters is 1. The number of cyclic esters (lactones) is 1. The van der Waals surface area contributed by atoms with Gasteiger partial charge in [0.25, 0.3) is 0 Å². The highest BCUT2D eigenvalue weighted by Crippen LogP contribution is 2.44. The third kappa shape index (κ3) is 2.28. The molecular formula is C15H10BrClO2. The monoisotopic (exact) mass is 336 g/mol. The molecule has 1 heterocycles. The summed E-state index contributed by atoms with van der Waals surface area (Å²) in [5, 5.41) is 0.666. The lowest BCUT2D eigenvalue weighted by molar-refractivity contribution is 0.0384. The molecule has 0 saturated carbocycles. The highest BCUT2D eigenvalue weighted by molar-refractivity contribution is 9.09. The van der Waals surface area contributed by atoms with Crippen molar-refractivity contribution in [2.24, 2.45) is 0 Å². The highest BCUT2D eigenvalue weighted by Gasteiger charge is 2.35. The molecule has 4 heteroatoms. The van der Waals surface area contributed by atoms with E-state index in [4.69, 9.17) is 16.3 Å².